The van der Waals surface area contributed by atoms with Crippen LogP contribution in [0.4, 0.5) is 4.39 Å². The highest BCUT2D eigenvalue weighted by Crippen LogP contribution is 2.39. The Bertz CT molecular complexity index is 837. The van der Waals surface area contributed by atoms with Gasteiger partial charge in [-0.25, -0.2) is 4.39 Å². The van der Waals surface area contributed by atoms with Crippen LogP contribution < -0.4 is 4.74 Å². The van der Waals surface area contributed by atoms with Crippen LogP contribution in [-0.4, -0.2) is 24.5 Å². The molecule has 0 atom stereocenters. The third-order valence-electron chi connectivity index (χ3n) is 4.75. The van der Waals surface area contributed by atoms with Crippen molar-refractivity contribution in [3.63, 3.8) is 0 Å². The lowest BCUT2D eigenvalue weighted by Crippen LogP contribution is -2.30. The van der Waals surface area contributed by atoms with Crippen molar-refractivity contribution in [3.05, 3.63) is 70.5 Å². The second-order valence-corrected chi connectivity index (χ2v) is 6.82. The Morgan fingerprint density at radius 3 is 2.68 bits per heavy atom. The molecule has 1 fully saturated rings. The van der Waals surface area contributed by atoms with Crippen LogP contribution in [0.3, 0.4) is 0 Å². The van der Waals surface area contributed by atoms with Crippen LogP contribution >= 0.6 is 0 Å². The molecule has 1 aliphatic carbocycles. The zero-order valence-corrected chi connectivity index (χ0v) is 14.2. The highest BCUT2D eigenvalue weighted by atomic mass is 19.1. The van der Waals surface area contributed by atoms with Gasteiger partial charge in [0, 0.05) is 19.2 Å². The molecule has 0 saturated heterocycles. The number of likely N-dealkylation sites (N-methyl/N-ethyl adjacent to an activating group) is 1. The number of nitrogens with zero attached hydrogens (tertiary/aromatic N) is 1. The average molecular weight is 337 g/mol. The molecule has 0 N–H and O–H groups in total. The summed E-state index contributed by atoms with van der Waals surface area (Å²) in [6, 6.07) is 12.8. The van der Waals surface area contributed by atoms with Crippen LogP contribution in [0, 0.1) is 5.82 Å². The second kappa shape index (κ2) is 6.36. The molecule has 1 saturated carbocycles. The molecule has 2 aliphatic rings. The van der Waals surface area contributed by atoms with E-state index in [0.29, 0.717) is 23.4 Å². The van der Waals surface area contributed by atoms with Crippen LogP contribution in [0.1, 0.15) is 35.4 Å². The molecule has 0 bridgehead atoms. The molecule has 0 aromatic heterocycles. The average Bonchev–Trinajstić information content (AvgIpc) is 3.46. The fourth-order valence-electron chi connectivity index (χ4n) is 3.17. The van der Waals surface area contributed by atoms with Crippen molar-refractivity contribution in [2.75, 3.05) is 13.7 Å². The highest BCUT2D eigenvalue weighted by Gasteiger charge is 2.23. The quantitative estimate of drug-likeness (QED) is 0.839. The molecular formula is C21H20FNO2. The summed E-state index contributed by atoms with van der Waals surface area (Å²) < 4.78 is 19.0. The maximum Gasteiger partial charge on any atom is 0.253 e. The highest BCUT2D eigenvalue weighted by molar-refractivity contribution is 5.99. The standard InChI is InChI=1S/C21H20FNO2/c1-23(12-14-2-4-15(5-3-14)16-6-7-16)21(24)18-10-17-11-19(22)8-9-20(17)25-13-18/h2-5,8-11,16H,6-7,12-13H2,1H3. The first kappa shape index (κ1) is 15.9. The lowest BCUT2D eigenvalue weighted by molar-refractivity contribution is -0.126. The van der Waals surface area contributed by atoms with Gasteiger partial charge < -0.3 is 9.64 Å². The Balaban J connectivity index is 1.46. The minimum atomic E-state index is -0.337. The minimum absolute atomic E-state index is 0.0961. The second-order valence-electron chi connectivity index (χ2n) is 6.82. The summed E-state index contributed by atoms with van der Waals surface area (Å²) in [7, 11) is 1.78. The summed E-state index contributed by atoms with van der Waals surface area (Å²) in [5.74, 6) is 0.910. The number of carbonyl (C=O) groups is 1. The molecule has 1 heterocycles. The number of carbonyl (C=O) groups excluding carboxylic acids is 1. The first-order valence-corrected chi connectivity index (χ1v) is 8.57. The normalized spacial score (nSPS) is 15.8. The predicted molar refractivity (Wildman–Crippen MR) is 94.8 cm³/mol. The van der Waals surface area contributed by atoms with Crippen molar-refractivity contribution in [2.24, 2.45) is 0 Å². The van der Waals surface area contributed by atoms with E-state index in [1.54, 1.807) is 24.1 Å². The summed E-state index contributed by atoms with van der Waals surface area (Å²) in [5, 5.41) is 0. The van der Waals surface area contributed by atoms with E-state index < -0.39 is 0 Å². The van der Waals surface area contributed by atoms with Crippen LogP contribution in [0.25, 0.3) is 6.08 Å². The summed E-state index contributed by atoms with van der Waals surface area (Å²) in [5.41, 5.74) is 3.63. The fourth-order valence-corrected chi connectivity index (χ4v) is 3.17. The molecule has 1 aliphatic heterocycles. The number of rotatable bonds is 4. The SMILES string of the molecule is CN(Cc1ccc(C2CC2)cc1)C(=O)C1=Cc2cc(F)ccc2OC1. The van der Waals surface area contributed by atoms with Crippen molar-refractivity contribution in [1.82, 2.24) is 4.90 Å². The van der Waals surface area contributed by atoms with E-state index in [9.17, 15) is 9.18 Å². The van der Waals surface area contributed by atoms with Gasteiger partial charge in [0.15, 0.2) is 0 Å². The van der Waals surface area contributed by atoms with Gasteiger partial charge in [0.2, 0.25) is 0 Å². The first-order valence-electron chi connectivity index (χ1n) is 8.57. The summed E-state index contributed by atoms with van der Waals surface area (Å²) in [4.78, 5) is 14.3. The van der Waals surface area contributed by atoms with E-state index in [4.69, 9.17) is 4.74 Å². The van der Waals surface area contributed by atoms with Gasteiger partial charge in [-0.2, -0.15) is 0 Å². The first-order chi connectivity index (χ1) is 12.1. The van der Waals surface area contributed by atoms with E-state index >= 15 is 0 Å². The van der Waals surface area contributed by atoms with Crippen molar-refractivity contribution in [3.8, 4) is 5.75 Å². The number of fused-ring (bicyclic) bond motifs is 1. The molecule has 2 aromatic rings. The molecule has 0 spiro atoms. The van der Waals surface area contributed by atoms with Crippen LogP contribution in [0.15, 0.2) is 48.0 Å². The molecule has 2 aromatic carbocycles. The number of ether oxygens (including phenoxy) is 1. The van der Waals surface area contributed by atoms with Crippen LogP contribution in [0.5, 0.6) is 5.75 Å². The maximum absolute atomic E-state index is 13.4. The molecule has 4 rings (SSSR count). The molecule has 25 heavy (non-hydrogen) atoms. The Morgan fingerprint density at radius 2 is 1.96 bits per heavy atom. The monoisotopic (exact) mass is 337 g/mol. The van der Waals surface area contributed by atoms with Crippen LogP contribution in [-0.2, 0) is 11.3 Å². The van der Waals surface area contributed by atoms with Gasteiger partial charge in [-0.15, -0.1) is 0 Å². The largest absolute Gasteiger partial charge is 0.488 e. The third kappa shape index (κ3) is 3.43. The number of hydrogen-bond donors (Lipinski definition) is 0. The van der Waals surface area contributed by atoms with Gasteiger partial charge in [-0.3, -0.25) is 4.79 Å². The van der Waals surface area contributed by atoms with Gasteiger partial charge in [0.25, 0.3) is 5.91 Å². The van der Waals surface area contributed by atoms with Crippen molar-refractivity contribution >= 4 is 12.0 Å². The van der Waals surface area contributed by atoms with E-state index in [1.807, 2.05) is 0 Å². The summed E-state index contributed by atoms with van der Waals surface area (Å²) in [6.45, 7) is 0.750. The van der Waals surface area contributed by atoms with Gasteiger partial charge in [-0.1, -0.05) is 24.3 Å². The fraction of sp³-hybridized carbons (Fsp3) is 0.286. The number of benzene rings is 2. The van der Waals surface area contributed by atoms with Gasteiger partial charge in [0.05, 0.1) is 5.57 Å². The third-order valence-corrected chi connectivity index (χ3v) is 4.75. The number of halogens is 1. The number of hydrogen-bond acceptors (Lipinski definition) is 2. The van der Waals surface area contributed by atoms with Crippen molar-refractivity contribution < 1.29 is 13.9 Å². The Hall–Kier alpha value is -2.62. The lowest BCUT2D eigenvalue weighted by atomic mass is 10.1. The molecule has 0 unspecified atom stereocenters. The van der Waals surface area contributed by atoms with Crippen LogP contribution in [0.2, 0.25) is 0 Å². The minimum Gasteiger partial charge on any atom is -0.488 e. The van der Waals surface area contributed by atoms with Crippen molar-refractivity contribution in [1.29, 1.82) is 0 Å². The molecule has 3 nitrogen and oxygen atoms in total. The van der Waals surface area contributed by atoms with E-state index in [1.165, 1.54) is 30.5 Å². The van der Waals surface area contributed by atoms with Gasteiger partial charge in [-0.05, 0) is 54.2 Å². The van der Waals surface area contributed by atoms with Gasteiger partial charge in [0.1, 0.15) is 18.2 Å². The zero-order chi connectivity index (χ0) is 17.4. The molecule has 1 amide bonds. The summed E-state index contributed by atoms with van der Waals surface area (Å²) >= 11 is 0. The molecular weight excluding hydrogens is 317 g/mol. The molecule has 128 valence electrons. The van der Waals surface area contributed by atoms with Crippen molar-refractivity contribution in [2.45, 2.75) is 25.3 Å². The summed E-state index contributed by atoms with van der Waals surface area (Å²) in [6.07, 6.45) is 4.29. The van der Waals surface area contributed by atoms with E-state index in [0.717, 1.165) is 11.5 Å². The Kier molecular flexibility index (Phi) is 4.04. The zero-order valence-electron chi connectivity index (χ0n) is 14.2. The smallest absolute Gasteiger partial charge is 0.253 e. The number of amides is 1. The lowest BCUT2D eigenvalue weighted by Gasteiger charge is -2.22. The van der Waals surface area contributed by atoms with E-state index in [-0.39, 0.29) is 18.3 Å². The Labute approximate surface area is 146 Å². The van der Waals surface area contributed by atoms with Gasteiger partial charge >= 0.3 is 0 Å². The molecule has 0 radical (unpaired) electrons. The molecule has 4 heteroatoms. The predicted octanol–water partition coefficient (Wildman–Crippen LogP) is 4.14. The Morgan fingerprint density at radius 1 is 1.20 bits per heavy atom. The maximum atomic E-state index is 13.4. The topological polar surface area (TPSA) is 29.5 Å². The van der Waals surface area contributed by atoms with E-state index in [2.05, 4.69) is 24.3 Å².